The molecule has 1 spiro atoms. The van der Waals surface area contributed by atoms with E-state index in [2.05, 4.69) is 9.97 Å². The smallest absolute Gasteiger partial charge is 0.390 e. The summed E-state index contributed by atoms with van der Waals surface area (Å²) in [5.41, 5.74) is -2.97. The Balaban J connectivity index is 1.69. The summed E-state index contributed by atoms with van der Waals surface area (Å²) in [6.07, 6.45) is -3.84. The third kappa shape index (κ3) is 4.22. The highest BCUT2D eigenvalue weighted by Crippen LogP contribution is 2.56. The van der Waals surface area contributed by atoms with Gasteiger partial charge in [-0.1, -0.05) is 6.92 Å². The number of alkyl halides is 3. The molecule has 1 aliphatic heterocycles. The summed E-state index contributed by atoms with van der Waals surface area (Å²) in [6, 6.07) is 0.0474. The Kier molecular flexibility index (Phi) is 6.20. The van der Waals surface area contributed by atoms with E-state index in [-0.39, 0.29) is 22.8 Å². The van der Waals surface area contributed by atoms with E-state index in [0.29, 0.717) is 25.1 Å². The molecule has 3 unspecified atom stereocenters. The summed E-state index contributed by atoms with van der Waals surface area (Å²) in [6.45, 7) is 2.82. The second-order valence-electron chi connectivity index (χ2n) is 9.73. The molecule has 206 valence electrons. The zero-order chi connectivity index (χ0) is 28.4. The molecule has 4 heterocycles. The first kappa shape index (κ1) is 26.7. The third-order valence-corrected chi connectivity index (χ3v) is 7.32. The van der Waals surface area contributed by atoms with E-state index in [1.165, 1.54) is 24.0 Å². The molecule has 2 amide bonds. The lowest BCUT2D eigenvalue weighted by molar-refractivity contribution is -0.153. The number of amides is 2. The number of nitrogens with one attached hydrogen (secondary N) is 1. The molecule has 1 saturated heterocycles. The van der Waals surface area contributed by atoms with E-state index >= 15 is 0 Å². The van der Waals surface area contributed by atoms with Crippen molar-refractivity contribution in [3.8, 4) is 5.82 Å². The predicted octanol–water partition coefficient (Wildman–Crippen LogP) is 3.01. The summed E-state index contributed by atoms with van der Waals surface area (Å²) >= 11 is 0. The molecule has 39 heavy (non-hydrogen) atoms. The van der Waals surface area contributed by atoms with Gasteiger partial charge in [-0.15, -0.1) is 0 Å². The first-order valence-electron chi connectivity index (χ1n) is 12.1. The number of hydrogen-bond donors (Lipinski definition) is 2. The molecule has 5 rings (SSSR count). The molecule has 1 saturated carbocycles. The van der Waals surface area contributed by atoms with Crippen LogP contribution in [0.4, 0.5) is 27.8 Å². The van der Waals surface area contributed by atoms with E-state index in [4.69, 9.17) is 0 Å². The summed E-state index contributed by atoms with van der Waals surface area (Å²) in [5.74, 6) is -4.56. The molecule has 3 atom stereocenters. The normalized spacial score (nSPS) is 21.0. The van der Waals surface area contributed by atoms with Crippen LogP contribution >= 0.6 is 0 Å². The van der Waals surface area contributed by atoms with E-state index in [1.807, 2.05) is 0 Å². The number of pyridine rings is 3. The topological polar surface area (TPSA) is 117 Å². The van der Waals surface area contributed by atoms with Gasteiger partial charge in [0.25, 0.3) is 5.91 Å². The molecule has 2 fully saturated rings. The monoisotopic (exact) mass is 551 g/mol. The van der Waals surface area contributed by atoms with E-state index in [0.717, 1.165) is 10.8 Å². The van der Waals surface area contributed by atoms with Crippen molar-refractivity contribution in [1.82, 2.24) is 19.9 Å². The fraction of sp³-hybridized carbons (Fsp3) is 0.400. The van der Waals surface area contributed by atoms with Crippen LogP contribution in [0.1, 0.15) is 43.5 Å². The maximum absolute atomic E-state index is 14.8. The zero-order valence-corrected chi connectivity index (χ0v) is 20.6. The van der Waals surface area contributed by atoms with Crippen molar-refractivity contribution < 1.29 is 36.6 Å². The molecular formula is C25H22F5N5O4. The fourth-order valence-electron chi connectivity index (χ4n) is 5.00. The first-order valence-corrected chi connectivity index (χ1v) is 12.1. The minimum Gasteiger partial charge on any atom is -0.390 e. The molecule has 2 N–H and O–H groups in total. The number of fused-ring (bicyclic) bond motifs is 1. The second-order valence-corrected chi connectivity index (χ2v) is 9.73. The van der Waals surface area contributed by atoms with E-state index < -0.39 is 70.6 Å². The number of halogens is 5. The Labute approximate surface area is 217 Å². The summed E-state index contributed by atoms with van der Waals surface area (Å²) < 4.78 is 69.1. The summed E-state index contributed by atoms with van der Waals surface area (Å²) in [5, 5.41) is 12.1. The van der Waals surface area contributed by atoms with Crippen molar-refractivity contribution in [2.45, 2.75) is 57.5 Å². The molecule has 0 radical (unpaired) electrons. The Morgan fingerprint density at radius 1 is 1.26 bits per heavy atom. The largest absolute Gasteiger partial charge is 0.408 e. The van der Waals surface area contributed by atoms with Gasteiger partial charge in [0.05, 0.1) is 29.1 Å². The van der Waals surface area contributed by atoms with Crippen LogP contribution in [0.2, 0.25) is 0 Å². The number of hydrogen-bond acceptors (Lipinski definition) is 6. The van der Waals surface area contributed by atoms with Crippen LogP contribution < -0.4 is 15.6 Å². The van der Waals surface area contributed by atoms with Gasteiger partial charge in [-0.2, -0.15) is 13.2 Å². The van der Waals surface area contributed by atoms with Gasteiger partial charge in [0.2, 0.25) is 11.3 Å². The number of rotatable bonds is 5. The molecule has 0 aromatic carbocycles. The lowest BCUT2D eigenvalue weighted by Crippen LogP contribution is -2.46. The average molecular weight is 551 g/mol. The number of anilines is 1. The van der Waals surface area contributed by atoms with Gasteiger partial charge in [0, 0.05) is 12.3 Å². The van der Waals surface area contributed by atoms with Gasteiger partial charge in [-0.25, -0.2) is 18.7 Å². The van der Waals surface area contributed by atoms with Crippen LogP contribution in [-0.4, -0.2) is 55.8 Å². The number of carbonyl (C=O) groups is 2. The van der Waals surface area contributed by atoms with E-state index in [9.17, 15) is 41.4 Å². The van der Waals surface area contributed by atoms with Crippen LogP contribution in [0.5, 0.6) is 0 Å². The van der Waals surface area contributed by atoms with Crippen molar-refractivity contribution in [2.24, 2.45) is 5.41 Å². The number of carbonyl (C=O) groups excluding carboxylic acids is 2. The molecular weight excluding hydrogens is 529 g/mol. The van der Waals surface area contributed by atoms with Crippen LogP contribution in [-0.2, 0) is 4.79 Å². The van der Waals surface area contributed by atoms with Crippen LogP contribution in [0.3, 0.4) is 0 Å². The van der Waals surface area contributed by atoms with Gasteiger partial charge < -0.3 is 10.4 Å². The highest BCUT2D eigenvalue weighted by molar-refractivity contribution is 6.03. The lowest BCUT2D eigenvalue weighted by Gasteiger charge is -2.23. The Morgan fingerprint density at radius 2 is 1.95 bits per heavy atom. The van der Waals surface area contributed by atoms with Crippen LogP contribution in [0.15, 0.2) is 35.4 Å². The van der Waals surface area contributed by atoms with Gasteiger partial charge in [-0.3, -0.25) is 23.9 Å². The number of aromatic nitrogens is 3. The van der Waals surface area contributed by atoms with Gasteiger partial charge in [0.15, 0.2) is 17.3 Å². The fourth-order valence-corrected chi connectivity index (χ4v) is 5.00. The Hall–Kier alpha value is -3.94. The van der Waals surface area contributed by atoms with Crippen molar-refractivity contribution >= 4 is 28.7 Å². The standard InChI is InChI=1S/C25H22F5N5O4/c1-3-16(25(28,29)30)32-22(38)14-10-34(21-15(27)8-12(26)9-31-21)20-13(18(14)36)4-5-17(33-20)35-11(2)19(37)24(6-7-24)23(35)39/h4-5,8-11,16,19,37H,3,6-7H2,1-2H3,(H,32,38). The number of aliphatic hydroxyl groups excluding tert-OH is 1. The first-order chi connectivity index (χ1) is 18.3. The lowest BCUT2D eigenvalue weighted by atomic mass is 9.99. The van der Waals surface area contributed by atoms with Gasteiger partial charge >= 0.3 is 6.18 Å². The number of aliphatic hydroxyl groups is 1. The SMILES string of the molecule is CCC(NC(=O)c1cn(-c2ncc(F)cc2F)c2nc(N3C(=O)C4(CC4)C(O)C3C)ccc2c1=O)C(F)(F)F. The highest BCUT2D eigenvalue weighted by atomic mass is 19.4. The summed E-state index contributed by atoms with van der Waals surface area (Å²) in [7, 11) is 0. The van der Waals surface area contributed by atoms with Crippen molar-refractivity contribution in [3.05, 3.63) is 58.0 Å². The van der Waals surface area contributed by atoms with Gasteiger partial charge in [0.1, 0.15) is 23.2 Å². The van der Waals surface area contributed by atoms with Crippen molar-refractivity contribution in [3.63, 3.8) is 0 Å². The van der Waals surface area contributed by atoms with Crippen molar-refractivity contribution in [1.29, 1.82) is 0 Å². The minimum absolute atomic E-state index is 0.0128. The second kappa shape index (κ2) is 9.07. The average Bonchev–Trinajstić information content (AvgIpc) is 3.66. The number of nitrogens with zero attached hydrogens (tertiary/aromatic N) is 4. The maximum atomic E-state index is 14.8. The molecule has 0 bridgehead atoms. The minimum atomic E-state index is -4.79. The maximum Gasteiger partial charge on any atom is 0.408 e. The molecule has 3 aromatic rings. The van der Waals surface area contributed by atoms with E-state index in [1.54, 1.807) is 12.2 Å². The predicted molar refractivity (Wildman–Crippen MR) is 127 cm³/mol. The summed E-state index contributed by atoms with van der Waals surface area (Å²) in [4.78, 5) is 48.5. The third-order valence-electron chi connectivity index (χ3n) is 7.32. The highest BCUT2D eigenvalue weighted by Gasteiger charge is 2.65. The molecule has 3 aromatic heterocycles. The Morgan fingerprint density at radius 3 is 2.51 bits per heavy atom. The van der Waals surface area contributed by atoms with Crippen molar-refractivity contribution in [2.75, 3.05) is 4.90 Å². The molecule has 1 aliphatic carbocycles. The Bertz CT molecular complexity index is 1570. The quantitative estimate of drug-likeness (QED) is 0.471. The molecule has 14 heteroatoms. The molecule has 9 nitrogen and oxygen atoms in total. The molecule has 2 aliphatic rings. The van der Waals surface area contributed by atoms with Crippen LogP contribution in [0, 0.1) is 17.0 Å². The van der Waals surface area contributed by atoms with Crippen LogP contribution in [0.25, 0.3) is 16.9 Å². The van der Waals surface area contributed by atoms with Gasteiger partial charge in [-0.05, 0) is 38.3 Å². The zero-order valence-electron chi connectivity index (χ0n) is 20.6.